The lowest BCUT2D eigenvalue weighted by atomic mass is 10.0. The van der Waals surface area contributed by atoms with E-state index in [0.717, 1.165) is 57.6 Å². The average molecular weight is 310 g/mol. The number of ether oxygens (including phenoxy) is 1. The minimum Gasteiger partial charge on any atom is -0.378 e. The molecule has 1 atom stereocenters. The van der Waals surface area contributed by atoms with Crippen LogP contribution in [0.25, 0.3) is 0 Å². The fourth-order valence-electron chi connectivity index (χ4n) is 3.60. The van der Waals surface area contributed by atoms with Crippen molar-refractivity contribution in [2.24, 2.45) is 4.99 Å². The van der Waals surface area contributed by atoms with Gasteiger partial charge in [0, 0.05) is 45.9 Å². The monoisotopic (exact) mass is 310 g/mol. The summed E-state index contributed by atoms with van der Waals surface area (Å²) in [6, 6.07) is 0.736. The highest BCUT2D eigenvalue weighted by Crippen LogP contribution is 2.16. The lowest BCUT2D eigenvalue weighted by Gasteiger charge is -2.35. The van der Waals surface area contributed by atoms with Gasteiger partial charge in [0.05, 0.1) is 6.10 Å². The Balaban J connectivity index is 1.69. The summed E-state index contributed by atoms with van der Waals surface area (Å²) in [7, 11) is 1.89. The fourth-order valence-corrected chi connectivity index (χ4v) is 3.60. The first-order valence-electron chi connectivity index (χ1n) is 9.05. The Morgan fingerprint density at radius 1 is 1.18 bits per heavy atom. The molecule has 128 valence electrons. The van der Waals surface area contributed by atoms with Gasteiger partial charge in [-0.15, -0.1) is 0 Å². The molecule has 1 N–H and O–H groups in total. The summed E-state index contributed by atoms with van der Waals surface area (Å²) in [6.07, 6.45) is 6.74. The minimum absolute atomic E-state index is 0.438. The highest BCUT2D eigenvalue weighted by atomic mass is 16.5. The second kappa shape index (κ2) is 9.36. The van der Waals surface area contributed by atoms with Crippen molar-refractivity contribution in [2.75, 3.05) is 46.4 Å². The Bertz CT molecular complexity index is 340. The van der Waals surface area contributed by atoms with Crippen LogP contribution in [-0.2, 0) is 4.74 Å². The Labute approximate surface area is 136 Å². The first-order chi connectivity index (χ1) is 10.7. The summed E-state index contributed by atoms with van der Waals surface area (Å²) in [5.41, 5.74) is 0. The third kappa shape index (κ3) is 5.13. The van der Waals surface area contributed by atoms with Crippen molar-refractivity contribution in [3.05, 3.63) is 0 Å². The van der Waals surface area contributed by atoms with Crippen LogP contribution in [0.1, 0.15) is 46.0 Å². The highest BCUT2D eigenvalue weighted by Gasteiger charge is 2.22. The van der Waals surface area contributed by atoms with E-state index in [1.165, 1.54) is 25.8 Å². The molecule has 0 aromatic rings. The number of nitrogens with one attached hydrogen (secondary N) is 1. The minimum atomic E-state index is 0.438. The molecule has 0 aromatic heterocycles. The summed E-state index contributed by atoms with van der Waals surface area (Å²) in [5, 5.41) is 3.55. The fraction of sp³-hybridized carbons (Fsp3) is 0.941. The molecule has 2 aliphatic heterocycles. The van der Waals surface area contributed by atoms with Crippen molar-refractivity contribution in [1.29, 1.82) is 0 Å². The van der Waals surface area contributed by atoms with E-state index >= 15 is 0 Å². The molecule has 5 nitrogen and oxygen atoms in total. The molecule has 2 rings (SSSR count). The van der Waals surface area contributed by atoms with E-state index < -0.39 is 0 Å². The first-order valence-corrected chi connectivity index (χ1v) is 9.05. The van der Waals surface area contributed by atoms with Crippen LogP contribution in [0.2, 0.25) is 0 Å². The molecule has 1 unspecified atom stereocenters. The Morgan fingerprint density at radius 3 is 2.59 bits per heavy atom. The molecule has 0 radical (unpaired) electrons. The molecule has 0 aromatic carbocycles. The molecular weight excluding hydrogens is 276 g/mol. The van der Waals surface area contributed by atoms with Gasteiger partial charge in [0.2, 0.25) is 0 Å². The number of hydrogen-bond acceptors (Lipinski definition) is 3. The van der Waals surface area contributed by atoms with Crippen molar-refractivity contribution in [3.63, 3.8) is 0 Å². The summed E-state index contributed by atoms with van der Waals surface area (Å²) in [6.45, 7) is 10.7. The molecule has 0 spiro atoms. The molecular formula is C17H34N4O. The smallest absolute Gasteiger partial charge is 0.193 e. The van der Waals surface area contributed by atoms with E-state index in [1.54, 1.807) is 0 Å². The standard InChI is InChI=1S/C17H34N4O/c1-4-22-16-8-12-21(13-9-16)17(18-3)19-10-14-20-11-6-5-7-15(20)2/h15-16H,4-14H2,1-3H3,(H,18,19). The van der Waals surface area contributed by atoms with E-state index in [4.69, 9.17) is 4.74 Å². The van der Waals surface area contributed by atoms with Gasteiger partial charge in [0.25, 0.3) is 0 Å². The SMILES string of the molecule is CCOC1CCN(C(=NC)NCCN2CCCCC2C)CC1. The zero-order valence-corrected chi connectivity index (χ0v) is 14.7. The third-order valence-corrected chi connectivity index (χ3v) is 4.98. The Morgan fingerprint density at radius 2 is 1.95 bits per heavy atom. The zero-order valence-electron chi connectivity index (χ0n) is 14.7. The second-order valence-corrected chi connectivity index (χ2v) is 6.50. The highest BCUT2D eigenvalue weighted by molar-refractivity contribution is 5.79. The van der Waals surface area contributed by atoms with Crippen LogP contribution >= 0.6 is 0 Å². The first kappa shape index (κ1) is 17.5. The predicted octanol–water partition coefficient (Wildman–Crippen LogP) is 1.94. The summed E-state index contributed by atoms with van der Waals surface area (Å²) < 4.78 is 5.72. The number of piperidine rings is 2. The Kier molecular flexibility index (Phi) is 7.46. The molecule has 0 aliphatic carbocycles. The maximum absolute atomic E-state index is 5.72. The van der Waals surface area contributed by atoms with Gasteiger partial charge >= 0.3 is 0 Å². The van der Waals surface area contributed by atoms with Crippen LogP contribution < -0.4 is 5.32 Å². The van der Waals surface area contributed by atoms with Crippen LogP contribution in [0.3, 0.4) is 0 Å². The molecule has 5 heteroatoms. The maximum atomic E-state index is 5.72. The lowest BCUT2D eigenvalue weighted by Crippen LogP contribution is -2.49. The van der Waals surface area contributed by atoms with Gasteiger partial charge in [-0.05, 0) is 46.1 Å². The zero-order chi connectivity index (χ0) is 15.8. The molecule has 0 saturated carbocycles. The molecule has 2 aliphatic rings. The van der Waals surface area contributed by atoms with Gasteiger partial charge in [-0.25, -0.2) is 0 Å². The van der Waals surface area contributed by atoms with E-state index in [2.05, 4.69) is 34.0 Å². The van der Waals surface area contributed by atoms with Crippen molar-refractivity contribution >= 4 is 5.96 Å². The number of hydrogen-bond donors (Lipinski definition) is 1. The predicted molar refractivity (Wildman–Crippen MR) is 92.5 cm³/mol. The van der Waals surface area contributed by atoms with Crippen molar-refractivity contribution in [3.8, 4) is 0 Å². The maximum Gasteiger partial charge on any atom is 0.193 e. The molecule has 2 fully saturated rings. The second-order valence-electron chi connectivity index (χ2n) is 6.50. The van der Waals surface area contributed by atoms with Crippen molar-refractivity contribution < 1.29 is 4.74 Å². The van der Waals surface area contributed by atoms with Gasteiger partial charge in [-0.2, -0.15) is 0 Å². The van der Waals surface area contributed by atoms with Crippen LogP contribution in [-0.4, -0.2) is 74.3 Å². The summed E-state index contributed by atoms with van der Waals surface area (Å²) in [4.78, 5) is 9.43. The molecule has 22 heavy (non-hydrogen) atoms. The third-order valence-electron chi connectivity index (χ3n) is 4.98. The molecule has 0 amide bonds. The van der Waals surface area contributed by atoms with Crippen LogP contribution in [0.5, 0.6) is 0 Å². The van der Waals surface area contributed by atoms with Gasteiger partial charge in [0.15, 0.2) is 5.96 Å². The van der Waals surface area contributed by atoms with E-state index in [9.17, 15) is 0 Å². The summed E-state index contributed by atoms with van der Waals surface area (Å²) >= 11 is 0. The molecule has 2 heterocycles. The number of aliphatic imine (C=N–C) groups is 1. The molecule has 0 bridgehead atoms. The normalized spacial score (nSPS) is 25.5. The number of nitrogens with zero attached hydrogens (tertiary/aromatic N) is 3. The van der Waals surface area contributed by atoms with E-state index in [0.29, 0.717) is 6.10 Å². The van der Waals surface area contributed by atoms with Crippen molar-refractivity contribution in [1.82, 2.24) is 15.1 Å². The lowest BCUT2D eigenvalue weighted by molar-refractivity contribution is 0.0263. The molecule has 2 saturated heterocycles. The van der Waals surface area contributed by atoms with Crippen LogP contribution in [0.15, 0.2) is 4.99 Å². The Hall–Kier alpha value is -0.810. The van der Waals surface area contributed by atoms with Gasteiger partial charge in [-0.1, -0.05) is 6.42 Å². The van der Waals surface area contributed by atoms with Gasteiger partial charge in [0.1, 0.15) is 0 Å². The topological polar surface area (TPSA) is 40.1 Å². The number of likely N-dealkylation sites (tertiary alicyclic amines) is 2. The average Bonchev–Trinajstić information content (AvgIpc) is 2.54. The van der Waals surface area contributed by atoms with Gasteiger partial charge < -0.3 is 15.0 Å². The summed E-state index contributed by atoms with van der Waals surface area (Å²) in [5.74, 6) is 1.06. The van der Waals surface area contributed by atoms with Gasteiger partial charge in [-0.3, -0.25) is 9.89 Å². The van der Waals surface area contributed by atoms with Crippen LogP contribution in [0, 0.1) is 0 Å². The number of rotatable bonds is 5. The number of guanidine groups is 1. The largest absolute Gasteiger partial charge is 0.378 e. The van der Waals surface area contributed by atoms with E-state index in [1.807, 2.05) is 7.05 Å². The quantitative estimate of drug-likeness (QED) is 0.622. The van der Waals surface area contributed by atoms with Crippen molar-refractivity contribution in [2.45, 2.75) is 58.1 Å². The van der Waals surface area contributed by atoms with E-state index in [-0.39, 0.29) is 0 Å². The van der Waals surface area contributed by atoms with Crippen LogP contribution in [0.4, 0.5) is 0 Å².